The van der Waals surface area contributed by atoms with Crippen LogP contribution in [0.3, 0.4) is 0 Å². The van der Waals surface area contributed by atoms with Gasteiger partial charge in [-0.15, -0.1) is 0 Å². The monoisotopic (exact) mass is 284 g/mol. The number of hydrogen-bond acceptors (Lipinski definition) is 2. The molecule has 5 saturated carbocycles. The molecule has 0 amide bonds. The first-order valence-corrected chi connectivity index (χ1v) is 8.55. The quantitative estimate of drug-likeness (QED) is 0.879. The lowest BCUT2D eigenvalue weighted by molar-refractivity contribution is -0.195. The van der Waals surface area contributed by atoms with E-state index in [1.165, 1.54) is 50.5 Å². The normalized spacial score (nSPS) is 46.0. The van der Waals surface area contributed by atoms with Gasteiger partial charge in [-0.2, -0.15) is 0 Å². The lowest BCUT2D eigenvalue weighted by Crippen LogP contribution is -2.68. The lowest BCUT2D eigenvalue weighted by atomic mass is 9.30. The van der Waals surface area contributed by atoms with Crippen LogP contribution in [-0.4, -0.2) is 12.2 Å². The largest absolute Gasteiger partial charge is 0.504 e. The highest BCUT2D eigenvalue weighted by Gasteiger charge is 2.70. The highest BCUT2D eigenvalue weighted by molar-refractivity contribution is 5.53. The van der Waals surface area contributed by atoms with Crippen molar-refractivity contribution in [3.63, 3.8) is 0 Å². The van der Waals surface area contributed by atoms with Gasteiger partial charge in [0.15, 0.2) is 11.5 Å². The summed E-state index contributed by atoms with van der Waals surface area (Å²) in [6.07, 6.45) is 9.88. The van der Waals surface area contributed by atoms with E-state index in [4.69, 9.17) is 4.74 Å². The summed E-state index contributed by atoms with van der Waals surface area (Å²) in [7, 11) is 1.70. The van der Waals surface area contributed by atoms with Gasteiger partial charge in [0.25, 0.3) is 0 Å². The molecule has 0 aliphatic heterocycles. The van der Waals surface area contributed by atoms with Crippen LogP contribution in [0.5, 0.6) is 11.5 Å². The second-order valence-corrected chi connectivity index (χ2v) is 8.15. The topological polar surface area (TPSA) is 29.5 Å². The molecule has 5 fully saturated rings. The van der Waals surface area contributed by atoms with E-state index in [0.29, 0.717) is 16.6 Å². The van der Waals surface area contributed by atoms with Crippen molar-refractivity contribution >= 4 is 0 Å². The number of aromatic hydroxyl groups is 1. The van der Waals surface area contributed by atoms with Crippen molar-refractivity contribution in [2.45, 2.75) is 50.4 Å². The van der Waals surface area contributed by atoms with E-state index in [1.54, 1.807) is 13.2 Å². The minimum absolute atomic E-state index is 0.310. The predicted molar refractivity (Wildman–Crippen MR) is 81.6 cm³/mol. The molecule has 3 unspecified atom stereocenters. The maximum absolute atomic E-state index is 10.2. The summed E-state index contributed by atoms with van der Waals surface area (Å²) in [5, 5.41) is 10.2. The molecule has 0 saturated heterocycles. The first-order valence-electron chi connectivity index (χ1n) is 8.55. The molecule has 0 aromatic heterocycles. The van der Waals surface area contributed by atoms with Gasteiger partial charge >= 0.3 is 0 Å². The van der Waals surface area contributed by atoms with E-state index in [1.807, 2.05) is 6.07 Å². The molecule has 2 nitrogen and oxygen atoms in total. The van der Waals surface area contributed by atoms with Crippen molar-refractivity contribution < 1.29 is 9.84 Å². The number of benzene rings is 1. The smallest absolute Gasteiger partial charge is 0.164 e. The molecular weight excluding hydrogens is 260 g/mol. The SMILES string of the molecule is COc1c(O)cccc1C12CCC13CC1CC(CC2C1)C3. The molecule has 1 spiro atoms. The zero-order valence-electron chi connectivity index (χ0n) is 12.8. The van der Waals surface area contributed by atoms with Gasteiger partial charge in [0, 0.05) is 11.0 Å². The Morgan fingerprint density at radius 1 is 1.10 bits per heavy atom. The molecule has 21 heavy (non-hydrogen) atoms. The fourth-order valence-electron chi connectivity index (χ4n) is 7.17. The summed E-state index contributed by atoms with van der Waals surface area (Å²) < 4.78 is 5.63. The zero-order chi connectivity index (χ0) is 14.2. The molecular formula is C19H24O2. The Labute approximate surface area is 126 Å². The van der Waals surface area contributed by atoms with Crippen LogP contribution in [0.15, 0.2) is 18.2 Å². The third kappa shape index (κ3) is 1.27. The Hall–Kier alpha value is -1.18. The lowest BCUT2D eigenvalue weighted by Gasteiger charge is -2.74. The Balaban J connectivity index is 1.70. The molecule has 1 aromatic rings. The second-order valence-electron chi connectivity index (χ2n) is 8.15. The van der Waals surface area contributed by atoms with E-state index < -0.39 is 0 Å². The first-order chi connectivity index (χ1) is 10.2. The van der Waals surface area contributed by atoms with Crippen LogP contribution in [0.2, 0.25) is 0 Å². The fraction of sp³-hybridized carbons (Fsp3) is 0.684. The maximum Gasteiger partial charge on any atom is 0.164 e. The van der Waals surface area contributed by atoms with Crippen LogP contribution in [0.4, 0.5) is 0 Å². The summed E-state index contributed by atoms with van der Waals surface area (Å²) in [4.78, 5) is 0. The molecule has 1 aromatic carbocycles. The Bertz CT molecular complexity index is 594. The van der Waals surface area contributed by atoms with E-state index in [0.717, 1.165) is 23.5 Å². The Kier molecular flexibility index (Phi) is 2.22. The van der Waals surface area contributed by atoms with Gasteiger partial charge in [0.05, 0.1) is 7.11 Å². The molecule has 6 rings (SSSR count). The Morgan fingerprint density at radius 2 is 1.86 bits per heavy atom. The molecule has 5 aliphatic carbocycles. The summed E-state index contributed by atoms with van der Waals surface area (Å²) in [6, 6.07) is 6.02. The van der Waals surface area contributed by atoms with E-state index >= 15 is 0 Å². The van der Waals surface area contributed by atoms with Gasteiger partial charge in [-0.3, -0.25) is 0 Å². The standard InChI is InChI=1S/C19H24O2/c1-21-17-15(3-2-4-16(17)20)19-6-5-18(19)10-12-7-13(11-18)9-14(19)8-12/h2-4,12-14,20H,5-11H2,1H3. The highest BCUT2D eigenvalue weighted by Crippen LogP contribution is 2.78. The molecule has 2 heteroatoms. The number of phenols is 1. The summed E-state index contributed by atoms with van der Waals surface area (Å²) in [6.45, 7) is 0. The number of rotatable bonds is 2. The number of methoxy groups -OCH3 is 1. The molecule has 0 radical (unpaired) electrons. The average molecular weight is 284 g/mol. The van der Waals surface area contributed by atoms with Crippen molar-refractivity contribution in [2.24, 2.45) is 23.2 Å². The van der Waals surface area contributed by atoms with Crippen LogP contribution >= 0.6 is 0 Å². The van der Waals surface area contributed by atoms with Crippen LogP contribution in [-0.2, 0) is 5.41 Å². The van der Waals surface area contributed by atoms with Gasteiger partial charge in [-0.1, -0.05) is 12.1 Å². The van der Waals surface area contributed by atoms with Crippen molar-refractivity contribution in [3.05, 3.63) is 23.8 Å². The average Bonchev–Trinajstić information content (AvgIpc) is 2.44. The van der Waals surface area contributed by atoms with Crippen LogP contribution in [0.25, 0.3) is 0 Å². The van der Waals surface area contributed by atoms with Gasteiger partial charge in [-0.05, 0) is 74.2 Å². The zero-order valence-corrected chi connectivity index (χ0v) is 12.8. The van der Waals surface area contributed by atoms with Gasteiger partial charge < -0.3 is 9.84 Å². The van der Waals surface area contributed by atoms with Gasteiger partial charge in [0.2, 0.25) is 0 Å². The van der Waals surface area contributed by atoms with Crippen LogP contribution in [0, 0.1) is 23.2 Å². The van der Waals surface area contributed by atoms with E-state index in [-0.39, 0.29) is 0 Å². The van der Waals surface area contributed by atoms with Gasteiger partial charge in [0.1, 0.15) is 0 Å². The summed E-state index contributed by atoms with van der Waals surface area (Å²) >= 11 is 0. The molecule has 112 valence electrons. The minimum Gasteiger partial charge on any atom is -0.504 e. The summed E-state index contributed by atoms with van der Waals surface area (Å²) in [5.41, 5.74) is 2.16. The van der Waals surface area contributed by atoms with Crippen LogP contribution in [0.1, 0.15) is 50.5 Å². The summed E-state index contributed by atoms with van der Waals surface area (Å²) in [5.74, 6) is 3.87. The highest BCUT2D eigenvalue weighted by atomic mass is 16.5. The third-order valence-electron chi connectivity index (χ3n) is 7.58. The molecule has 4 bridgehead atoms. The number of hydrogen-bond donors (Lipinski definition) is 1. The van der Waals surface area contributed by atoms with Crippen molar-refractivity contribution in [1.29, 1.82) is 0 Å². The second kappa shape index (κ2) is 3.77. The van der Waals surface area contributed by atoms with Crippen molar-refractivity contribution in [3.8, 4) is 11.5 Å². The van der Waals surface area contributed by atoms with E-state index in [9.17, 15) is 5.11 Å². The number of para-hydroxylation sites is 1. The Morgan fingerprint density at radius 3 is 2.43 bits per heavy atom. The van der Waals surface area contributed by atoms with E-state index in [2.05, 4.69) is 6.07 Å². The van der Waals surface area contributed by atoms with Crippen molar-refractivity contribution in [2.75, 3.05) is 7.11 Å². The predicted octanol–water partition coefficient (Wildman–Crippen LogP) is 4.26. The molecule has 5 aliphatic rings. The minimum atomic E-state index is 0.310. The number of ether oxygens (including phenoxy) is 1. The maximum atomic E-state index is 10.2. The first kappa shape index (κ1) is 12.4. The number of phenolic OH excluding ortho intramolecular Hbond substituents is 1. The van der Waals surface area contributed by atoms with Crippen molar-refractivity contribution in [1.82, 2.24) is 0 Å². The van der Waals surface area contributed by atoms with Gasteiger partial charge in [-0.25, -0.2) is 0 Å². The molecule has 3 atom stereocenters. The third-order valence-corrected chi connectivity index (χ3v) is 7.58. The fourth-order valence-corrected chi connectivity index (χ4v) is 7.17. The van der Waals surface area contributed by atoms with Crippen LogP contribution < -0.4 is 4.74 Å². The molecule has 1 N–H and O–H groups in total. The molecule has 0 heterocycles.